The minimum atomic E-state index is -0.485. The number of aromatic nitrogens is 2. The highest BCUT2D eigenvalue weighted by molar-refractivity contribution is 6.01. The lowest BCUT2D eigenvalue weighted by molar-refractivity contribution is -0.114. The van der Waals surface area contributed by atoms with Gasteiger partial charge in [0.2, 0.25) is 5.91 Å². The van der Waals surface area contributed by atoms with Gasteiger partial charge in [-0.3, -0.25) is 19.8 Å². The molecule has 1 heterocycles. The fourth-order valence-corrected chi connectivity index (χ4v) is 2.26. The van der Waals surface area contributed by atoms with E-state index in [1.165, 1.54) is 19.3 Å². The Labute approximate surface area is 136 Å². The summed E-state index contributed by atoms with van der Waals surface area (Å²) in [4.78, 5) is 39.9. The lowest BCUT2D eigenvalue weighted by atomic mass is 10.2. The van der Waals surface area contributed by atoms with Crippen LogP contribution in [0.5, 0.6) is 0 Å². The molecule has 2 N–H and O–H groups in total. The SMILES string of the molecule is CC(=O)Nc1cccc(C(=O)Nn2cnc3ccccc3c2=O)c1. The van der Waals surface area contributed by atoms with E-state index in [1.807, 2.05) is 0 Å². The Kier molecular flexibility index (Phi) is 4.07. The predicted molar refractivity (Wildman–Crippen MR) is 90.4 cm³/mol. The molecule has 0 unspecified atom stereocenters. The maximum atomic E-state index is 12.4. The van der Waals surface area contributed by atoms with Gasteiger partial charge in [-0.2, -0.15) is 0 Å². The van der Waals surface area contributed by atoms with E-state index in [0.717, 1.165) is 4.68 Å². The van der Waals surface area contributed by atoms with Crippen LogP contribution in [0.2, 0.25) is 0 Å². The predicted octanol–water partition coefficient (Wildman–Crippen LogP) is 1.74. The second-order valence-corrected chi connectivity index (χ2v) is 5.14. The summed E-state index contributed by atoms with van der Waals surface area (Å²) >= 11 is 0. The van der Waals surface area contributed by atoms with Crippen LogP contribution in [0.25, 0.3) is 10.9 Å². The van der Waals surface area contributed by atoms with Gasteiger partial charge in [0.25, 0.3) is 11.5 Å². The maximum Gasteiger partial charge on any atom is 0.280 e. The fraction of sp³-hybridized carbons (Fsp3) is 0.0588. The highest BCUT2D eigenvalue weighted by atomic mass is 16.2. The quantitative estimate of drug-likeness (QED) is 0.768. The van der Waals surface area contributed by atoms with Gasteiger partial charge in [0, 0.05) is 18.2 Å². The van der Waals surface area contributed by atoms with Crippen molar-refractivity contribution in [2.45, 2.75) is 6.92 Å². The van der Waals surface area contributed by atoms with Crippen LogP contribution in [0.3, 0.4) is 0 Å². The second kappa shape index (κ2) is 6.33. The van der Waals surface area contributed by atoms with Gasteiger partial charge in [0.15, 0.2) is 0 Å². The maximum absolute atomic E-state index is 12.4. The molecule has 0 fully saturated rings. The van der Waals surface area contributed by atoms with Gasteiger partial charge in [-0.15, -0.1) is 0 Å². The number of amides is 2. The number of rotatable bonds is 3. The van der Waals surface area contributed by atoms with Crippen LogP contribution in [-0.2, 0) is 4.79 Å². The summed E-state index contributed by atoms with van der Waals surface area (Å²) in [6, 6.07) is 13.3. The topological polar surface area (TPSA) is 93.1 Å². The van der Waals surface area contributed by atoms with E-state index in [4.69, 9.17) is 0 Å². The van der Waals surface area contributed by atoms with E-state index in [-0.39, 0.29) is 11.5 Å². The number of hydrogen-bond donors (Lipinski definition) is 2. The molecule has 0 atom stereocenters. The zero-order chi connectivity index (χ0) is 17.1. The van der Waals surface area contributed by atoms with Crippen molar-refractivity contribution < 1.29 is 9.59 Å². The van der Waals surface area contributed by atoms with E-state index >= 15 is 0 Å². The first-order chi connectivity index (χ1) is 11.5. The van der Waals surface area contributed by atoms with Gasteiger partial charge in [-0.1, -0.05) is 18.2 Å². The van der Waals surface area contributed by atoms with E-state index in [0.29, 0.717) is 22.2 Å². The van der Waals surface area contributed by atoms with Crippen LogP contribution in [0.4, 0.5) is 5.69 Å². The summed E-state index contributed by atoms with van der Waals surface area (Å²) in [7, 11) is 0. The molecular formula is C17H14N4O3. The van der Waals surface area contributed by atoms with Gasteiger partial charge in [0.1, 0.15) is 6.33 Å². The van der Waals surface area contributed by atoms with Crippen molar-refractivity contribution >= 4 is 28.4 Å². The van der Waals surface area contributed by atoms with Crippen LogP contribution in [0.15, 0.2) is 59.7 Å². The molecule has 0 saturated carbocycles. The summed E-state index contributed by atoms with van der Waals surface area (Å²) in [6.45, 7) is 1.38. The number of fused-ring (bicyclic) bond motifs is 1. The van der Waals surface area contributed by atoms with Crippen molar-refractivity contribution in [1.82, 2.24) is 9.66 Å². The summed E-state index contributed by atoms with van der Waals surface area (Å²) in [5.74, 6) is -0.719. The van der Waals surface area contributed by atoms with Crippen molar-refractivity contribution in [2.24, 2.45) is 0 Å². The van der Waals surface area contributed by atoms with E-state index < -0.39 is 5.91 Å². The number of nitrogens with one attached hydrogen (secondary N) is 2. The van der Waals surface area contributed by atoms with Crippen LogP contribution >= 0.6 is 0 Å². The number of para-hydroxylation sites is 1. The molecule has 0 saturated heterocycles. The van der Waals surface area contributed by atoms with Gasteiger partial charge in [0.05, 0.1) is 10.9 Å². The zero-order valence-corrected chi connectivity index (χ0v) is 12.8. The first kappa shape index (κ1) is 15.4. The normalized spacial score (nSPS) is 10.4. The van der Waals surface area contributed by atoms with Gasteiger partial charge in [-0.25, -0.2) is 9.66 Å². The average Bonchev–Trinajstić information content (AvgIpc) is 2.57. The Balaban J connectivity index is 1.89. The fourth-order valence-electron chi connectivity index (χ4n) is 2.26. The number of hydrogen-bond acceptors (Lipinski definition) is 4. The molecule has 7 heteroatoms. The lowest BCUT2D eigenvalue weighted by Crippen LogP contribution is -2.33. The van der Waals surface area contributed by atoms with Crippen molar-refractivity contribution in [3.63, 3.8) is 0 Å². The Morgan fingerprint density at radius 3 is 2.67 bits per heavy atom. The van der Waals surface area contributed by atoms with Crippen LogP contribution in [0.1, 0.15) is 17.3 Å². The van der Waals surface area contributed by atoms with Crippen molar-refractivity contribution in [3.8, 4) is 0 Å². The number of nitrogens with zero attached hydrogens (tertiary/aromatic N) is 2. The third kappa shape index (κ3) is 3.14. The molecule has 2 aromatic carbocycles. The highest BCUT2D eigenvalue weighted by Gasteiger charge is 2.10. The third-order valence-electron chi connectivity index (χ3n) is 3.33. The van der Waals surface area contributed by atoms with E-state index in [1.54, 1.807) is 42.5 Å². The molecule has 0 aliphatic rings. The Hall–Kier alpha value is -3.48. The summed E-state index contributed by atoms with van der Waals surface area (Å²) in [5.41, 5.74) is 3.48. The van der Waals surface area contributed by atoms with Crippen LogP contribution in [-0.4, -0.2) is 21.5 Å². The largest absolute Gasteiger partial charge is 0.326 e. The number of benzene rings is 2. The number of anilines is 1. The number of carbonyl (C=O) groups is 2. The molecular weight excluding hydrogens is 308 g/mol. The van der Waals surface area contributed by atoms with Gasteiger partial charge in [-0.05, 0) is 30.3 Å². The average molecular weight is 322 g/mol. The molecule has 3 rings (SSSR count). The third-order valence-corrected chi connectivity index (χ3v) is 3.33. The highest BCUT2D eigenvalue weighted by Crippen LogP contribution is 2.11. The van der Waals surface area contributed by atoms with Crippen LogP contribution < -0.4 is 16.3 Å². The zero-order valence-electron chi connectivity index (χ0n) is 12.8. The first-order valence-electron chi connectivity index (χ1n) is 7.20. The first-order valence-corrected chi connectivity index (χ1v) is 7.20. The molecule has 120 valence electrons. The molecule has 0 spiro atoms. The molecule has 24 heavy (non-hydrogen) atoms. The monoisotopic (exact) mass is 322 g/mol. The Morgan fingerprint density at radius 1 is 1.08 bits per heavy atom. The molecule has 7 nitrogen and oxygen atoms in total. The minimum absolute atomic E-state index is 0.234. The Bertz CT molecular complexity index is 994. The molecule has 0 radical (unpaired) electrons. The van der Waals surface area contributed by atoms with Crippen molar-refractivity contribution in [2.75, 3.05) is 10.7 Å². The smallest absolute Gasteiger partial charge is 0.280 e. The van der Waals surface area contributed by atoms with Crippen LogP contribution in [0, 0.1) is 0 Å². The second-order valence-electron chi connectivity index (χ2n) is 5.14. The van der Waals surface area contributed by atoms with Crippen molar-refractivity contribution in [1.29, 1.82) is 0 Å². The molecule has 3 aromatic rings. The van der Waals surface area contributed by atoms with Gasteiger partial charge < -0.3 is 5.32 Å². The molecule has 0 aliphatic heterocycles. The van der Waals surface area contributed by atoms with Gasteiger partial charge >= 0.3 is 0 Å². The standard InChI is InChI=1S/C17H14N4O3/c1-11(22)19-13-6-4-5-12(9-13)16(23)20-21-10-18-15-8-3-2-7-14(15)17(21)24/h2-10H,1H3,(H,19,22)(H,20,23). The summed E-state index contributed by atoms with van der Waals surface area (Å²) < 4.78 is 1.04. The molecule has 1 aromatic heterocycles. The molecule has 2 amide bonds. The van der Waals surface area contributed by atoms with Crippen molar-refractivity contribution in [3.05, 3.63) is 70.8 Å². The minimum Gasteiger partial charge on any atom is -0.326 e. The molecule has 0 bridgehead atoms. The summed E-state index contributed by atoms with van der Waals surface area (Å²) in [6.07, 6.45) is 1.26. The Morgan fingerprint density at radius 2 is 1.88 bits per heavy atom. The molecule has 0 aliphatic carbocycles. The summed E-state index contributed by atoms with van der Waals surface area (Å²) in [5, 5.41) is 3.01. The van der Waals surface area contributed by atoms with E-state index in [9.17, 15) is 14.4 Å². The van der Waals surface area contributed by atoms with E-state index in [2.05, 4.69) is 15.7 Å². The lowest BCUT2D eigenvalue weighted by Gasteiger charge is -2.09. The number of carbonyl (C=O) groups excluding carboxylic acids is 2.